The van der Waals surface area contributed by atoms with Crippen LogP contribution in [-0.2, 0) is 9.53 Å². The van der Waals surface area contributed by atoms with Gasteiger partial charge >= 0.3 is 5.97 Å². The normalized spacial score (nSPS) is 28.6. The second-order valence-electron chi connectivity index (χ2n) is 5.42. The number of thiocarbonyl (C=S) groups is 1. The lowest BCUT2D eigenvalue weighted by Crippen LogP contribution is -2.70. The first kappa shape index (κ1) is 14.9. The van der Waals surface area contributed by atoms with Crippen LogP contribution in [0.15, 0.2) is 18.2 Å². The van der Waals surface area contributed by atoms with Crippen molar-refractivity contribution in [2.75, 3.05) is 13.7 Å². The van der Waals surface area contributed by atoms with Gasteiger partial charge in [-0.25, -0.2) is 0 Å². The predicted octanol–water partition coefficient (Wildman–Crippen LogP) is 1.50. The lowest BCUT2D eigenvalue weighted by molar-refractivity contribution is -0.162. The number of nitrogens with one attached hydrogen (secondary N) is 2. The lowest BCUT2D eigenvalue weighted by Gasteiger charge is -2.50. The van der Waals surface area contributed by atoms with Crippen molar-refractivity contribution in [3.63, 3.8) is 0 Å². The first-order chi connectivity index (χ1) is 10.5. The predicted molar refractivity (Wildman–Crippen MR) is 83.8 cm³/mol. The van der Waals surface area contributed by atoms with Crippen LogP contribution in [0.5, 0.6) is 11.5 Å². The average molecular weight is 322 g/mol. The van der Waals surface area contributed by atoms with E-state index in [0.717, 1.165) is 5.56 Å². The number of rotatable bonds is 3. The van der Waals surface area contributed by atoms with E-state index in [0.29, 0.717) is 23.2 Å². The number of benzene rings is 1. The molecule has 0 spiro atoms. The number of hydrogen-bond acceptors (Lipinski definition) is 5. The van der Waals surface area contributed by atoms with Crippen molar-refractivity contribution in [2.24, 2.45) is 5.92 Å². The van der Waals surface area contributed by atoms with Crippen LogP contribution in [0.1, 0.15) is 25.5 Å². The quantitative estimate of drug-likeness (QED) is 0.645. The Balaban J connectivity index is 2.09. The molecule has 1 fully saturated rings. The minimum atomic E-state index is -0.944. The second kappa shape index (κ2) is 5.31. The Labute approximate surface area is 134 Å². The molecule has 0 aromatic heterocycles. The Bertz CT molecular complexity index is 636. The smallest absolute Gasteiger partial charge is 0.317 e. The van der Waals surface area contributed by atoms with Crippen molar-refractivity contribution in [2.45, 2.75) is 25.6 Å². The van der Waals surface area contributed by atoms with E-state index in [-0.39, 0.29) is 12.0 Å². The molecule has 3 unspecified atom stereocenters. The van der Waals surface area contributed by atoms with E-state index in [9.17, 15) is 4.79 Å². The van der Waals surface area contributed by atoms with E-state index >= 15 is 0 Å². The minimum absolute atomic E-state index is 0.313. The summed E-state index contributed by atoms with van der Waals surface area (Å²) in [6, 6.07) is 5.18. The number of hydrogen-bond donors (Lipinski definition) is 2. The molecule has 1 aromatic rings. The summed E-state index contributed by atoms with van der Waals surface area (Å²) in [6.45, 7) is 3.90. The highest BCUT2D eigenvalue weighted by Crippen LogP contribution is 2.46. The molecule has 0 radical (unpaired) electrons. The second-order valence-corrected chi connectivity index (χ2v) is 5.83. The fourth-order valence-corrected chi connectivity index (χ4v) is 3.37. The van der Waals surface area contributed by atoms with Crippen LogP contribution < -0.4 is 20.1 Å². The van der Waals surface area contributed by atoms with Gasteiger partial charge in [0.25, 0.3) is 0 Å². The molecule has 7 heteroatoms. The van der Waals surface area contributed by atoms with Crippen LogP contribution in [0.4, 0.5) is 0 Å². The molecule has 0 saturated carbocycles. The monoisotopic (exact) mass is 322 g/mol. The molecule has 2 heterocycles. The summed E-state index contributed by atoms with van der Waals surface area (Å²) in [4.78, 5) is 12.4. The third-order valence-corrected chi connectivity index (χ3v) is 4.21. The first-order valence-corrected chi connectivity index (χ1v) is 7.51. The Morgan fingerprint density at radius 1 is 1.50 bits per heavy atom. The van der Waals surface area contributed by atoms with Crippen LogP contribution in [0, 0.1) is 5.92 Å². The fourth-order valence-electron chi connectivity index (χ4n) is 3.04. The molecule has 1 aromatic carbocycles. The third kappa shape index (κ3) is 2.25. The van der Waals surface area contributed by atoms with Gasteiger partial charge in [-0.3, -0.25) is 4.79 Å². The molecule has 3 rings (SSSR count). The van der Waals surface area contributed by atoms with Crippen molar-refractivity contribution in [1.82, 2.24) is 10.6 Å². The van der Waals surface area contributed by atoms with Gasteiger partial charge in [-0.2, -0.15) is 0 Å². The minimum Gasteiger partial charge on any atom is -0.497 e. The molecule has 1 saturated heterocycles. The highest BCUT2D eigenvalue weighted by Gasteiger charge is 2.55. The molecular formula is C15H18N2O4S. The van der Waals surface area contributed by atoms with E-state index in [1.54, 1.807) is 14.0 Å². The molecule has 2 bridgehead atoms. The number of methoxy groups -OCH3 is 1. The van der Waals surface area contributed by atoms with Gasteiger partial charge in [-0.1, -0.05) is 0 Å². The van der Waals surface area contributed by atoms with Crippen LogP contribution in [0.3, 0.4) is 0 Å². The van der Waals surface area contributed by atoms with Gasteiger partial charge in [0.15, 0.2) is 10.8 Å². The number of ether oxygens (including phenoxy) is 3. The standard InChI is InChI=1S/C15H18N2O4S/c1-4-20-13(18)11-12-9-7-8(19-3)5-6-10(9)21-15(11,2)17-14(22)16-12/h5-7,11-12H,4H2,1-3H3,(H2,16,17,22). The summed E-state index contributed by atoms with van der Waals surface area (Å²) < 4.78 is 16.5. The summed E-state index contributed by atoms with van der Waals surface area (Å²) >= 11 is 5.24. The van der Waals surface area contributed by atoms with Crippen molar-refractivity contribution in [1.29, 1.82) is 0 Å². The Morgan fingerprint density at radius 3 is 2.95 bits per heavy atom. The number of carbonyl (C=O) groups excluding carboxylic acids is 1. The van der Waals surface area contributed by atoms with Gasteiger partial charge in [0.05, 0.1) is 19.8 Å². The van der Waals surface area contributed by atoms with Crippen LogP contribution in [-0.4, -0.2) is 30.5 Å². The molecule has 3 atom stereocenters. The van der Waals surface area contributed by atoms with Gasteiger partial charge < -0.3 is 24.8 Å². The van der Waals surface area contributed by atoms with E-state index in [1.165, 1.54) is 0 Å². The summed E-state index contributed by atoms with van der Waals surface area (Å²) in [5.41, 5.74) is -0.111. The van der Waals surface area contributed by atoms with Gasteiger partial charge in [-0.05, 0) is 44.3 Å². The molecule has 0 aliphatic carbocycles. The molecular weight excluding hydrogens is 304 g/mol. The summed E-state index contributed by atoms with van der Waals surface area (Å²) in [7, 11) is 1.60. The summed E-state index contributed by atoms with van der Waals surface area (Å²) in [6.07, 6.45) is 0. The molecule has 118 valence electrons. The van der Waals surface area contributed by atoms with Crippen LogP contribution in [0.2, 0.25) is 0 Å². The zero-order valence-corrected chi connectivity index (χ0v) is 13.5. The summed E-state index contributed by atoms with van der Waals surface area (Å²) in [5.74, 6) is 0.501. The van der Waals surface area contributed by atoms with E-state index in [2.05, 4.69) is 10.6 Å². The summed E-state index contributed by atoms with van der Waals surface area (Å²) in [5, 5.41) is 6.65. The Morgan fingerprint density at radius 2 is 2.27 bits per heavy atom. The molecule has 22 heavy (non-hydrogen) atoms. The topological polar surface area (TPSA) is 68.8 Å². The highest BCUT2D eigenvalue weighted by molar-refractivity contribution is 7.80. The van der Waals surface area contributed by atoms with Gasteiger partial charge in [0.2, 0.25) is 0 Å². The third-order valence-electron chi connectivity index (χ3n) is 3.99. The molecule has 2 N–H and O–H groups in total. The highest BCUT2D eigenvalue weighted by atomic mass is 32.1. The Kier molecular flexibility index (Phi) is 3.60. The number of esters is 1. The first-order valence-electron chi connectivity index (χ1n) is 7.10. The van der Waals surface area contributed by atoms with Crippen molar-refractivity contribution >= 4 is 23.3 Å². The zero-order chi connectivity index (χ0) is 15.9. The van der Waals surface area contributed by atoms with Gasteiger partial charge in [-0.15, -0.1) is 0 Å². The maximum Gasteiger partial charge on any atom is 0.317 e. The van der Waals surface area contributed by atoms with E-state index in [4.69, 9.17) is 26.4 Å². The van der Waals surface area contributed by atoms with Crippen LogP contribution >= 0.6 is 12.2 Å². The molecule has 6 nitrogen and oxygen atoms in total. The maximum absolute atomic E-state index is 12.4. The molecule has 0 amide bonds. The molecule has 2 aliphatic rings. The van der Waals surface area contributed by atoms with Crippen molar-refractivity contribution in [3.8, 4) is 11.5 Å². The molecule has 2 aliphatic heterocycles. The average Bonchev–Trinajstić information content (AvgIpc) is 2.45. The number of fused-ring (bicyclic) bond motifs is 4. The van der Waals surface area contributed by atoms with E-state index < -0.39 is 11.6 Å². The van der Waals surface area contributed by atoms with Gasteiger partial charge in [0, 0.05) is 5.56 Å². The van der Waals surface area contributed by atoms with Crippen LogP contribution in [0.25, 0.3) is 0 Å². The van der Waals surface area contributed by atoms with Crippen molar-refractivity contribution < 1.29 is 19.0 Å². The van der Waals surface area contributed by atoms with Crippen molar-refractivity contribution in [3.05, 3.63) is 23.8 Å². The Hall–Kier alpha value is -2.02. The largest absolute Gasteiger partial charge is 0.497 e. The van der Waals surface area contributed by atoms with E-state index in [1.807, 2.05) is 25.1 Å². The van der Waals surface area contributed by atoms with Gasteiger partial charge in [0.1, 0.15) is 17.4 Å². The SMILES string of the molecule is CCOC(=O)C1C2NC(=S)NC1(C)Oc1ccc(OC)cc12. The fraction of sp³-hybridized carbons (Fsp3) is 0.467. The lowest BCUT2D eigenvalue weighted by atomic mass is 9.80. The maximum atomic E-state index is 12.4. The number of carbonyl (C=O) groups is 1. The zero-order valence-electron chi connectivity index (χ0n) is 12.6.